The summed E-state index contributed by atoms with van der Waals surface area (Å²) in [4.78, 5) is 28.2. The van der Waals surface area contributed by atoms with E-state index in [0.29, 0.717) is 31.7 Å². The highest BCUT2D eigenvalue weighted by molar-refractivity contribution is 5.94. The second-order valence-electron chi connectivity index (χ2n) is 9.70. The summed E-state index contributed by atoms with van der Waals surface area (Å²) in [5.41, 5.74) is 9.76. The van der Waals surface area contributed by atoms with Gasteiger partial charge in [0.2, 0.25) is 5.91 Å². The molecule has 0 radical (unpaired) electrons. The highest BCUT2D eigenvalue weighted by atomic mass is 16.2. The Morgan fingerprint density at radius 1 is 0.919 bits per heavy atom. The van der Waals surface area contributed by atoms with Gasteiger partial charge in [0.1, 0.15) is 0 Å². The molecule has 0 aromatic heterocycles. The number of carbonyl (C=O) groups excluding carboxylic acids is 2. The molecule has 1 aliphatic rings. The molecule has 1 aliphatic heterocycles. The van der Waals surface area contributed by atoms with E-state index in [-0.39, 0.29) is 23.9 Å². The molecular weight excluding hydrogens is 460 g/mol. The molecule has 0 saturated carbocycles. The summed E-state index contributed by atoms with van der Waals surface area (Å²) in [7, 11) is 0. The average Bonchev–Trinajstić information content (AvgIpc) is 3.10. The fourth-order valence-corrected chi connectivity index (χ4v) is 4.84. The van der Waals surface area contributed by atoms with Crippen molar-refractivity contribution in [1.29, 1.82) is 0 Å². The normalized spacial score (nSPS) is 17.9. The van der Waals surface area contributed by atoms with E-state index >= 15 is 0 Å². The van der Waals surface area contributed by atoms with E-state index in [2.05, 4.69) is 34.9 Å². The summed E-state index contributed by atoms with van der Waals surface area (Å²) < 4.78 is 0. The molecule has 4 N–H and O–H groups in total. The quantitative estimate of drug-likeness (QED) is 0.349. The van der Waals surface area contributed by atoms with Gasteiger partial charge < -0.3 is 21.3 Å². The Bertz CT molecular complexity index is 1120. The number of hydrogen-bond donors (Lipinski definition) is 3. The number of carbonyl (C=O) groups is 2. The summed E-state index contributed by atoms with van der Waals surface area (Å²) in [5, 5.41) is 6.62. The van der Waals surface area contributed by atoms with Gasteiger partial charge in [-0.15, -0.1) is 0 Å². The van der Waals surface area contributed by atoms with E-state index in [1.807, 2.05) is 65.6 Å². The van der Waals surface area contributed by atoms with Crippen LogP contribution in [0.4, 0.5) is 0 Å². The van der Waals surface area contributed by atoms with Crippen LogP contribution in [0.1, 0.15) is 41.6 Å². The lowest BCUT2D eigenvalue weighted by Gasteiger charge is -2.25. The van der Waals surface area contributed by atoms with Gasteiger partial charge in [-0.1, -0.05) is 79.2 Å². The van der Waals surface area contributed by atoms with E-state index in [4.69, 9.17) is 5.73 Å². The van der Waals surface area contributed by atoms with Gasteiger partial charge in [-0.3, -0.25) is 9.59 Å². The van der Waals surface area contributed by atoms with Gasteiger partial charge in [0.05, 0.1) is 6.04 Å². The molecule has 2 atom stereocenters. The first-order chi connectivity index (χ1) is 18.1. The standard InChI is InChI=1S/C31H38N4O2/c32-20-8-7-13-29-31(37)35(21-18-24-9-3-1-4-10-24)22-19-28(34-29)23-33-30(36)27-16-14-26(15-17-27)25-11-5-2-6-12-25/h1-6,9-12,14-17,28-29,34H,7-8,13,18-23,32H2,(H,33,36)/t28-,29-/m0/s1. The molecule has 194 valence electrons. The fourth-order valence-electron chi connectivity index (χ4n) is 4.84. The van der Waals surface area contributed by atoms with Crippen molar-refractivity contribution in [3.63, 3.8) is 0 Å². The zero-order valence-electron chi connectivity index (χ0n) is 21.4. The van der Waals surface area contributed by atoms with Gasteiger partial charge in [-0.25, -0.2) is 0 Å². The molecule has 0 bridgehead atoms. The highest BCUT2D eigenvalue weighted by Gasteiger charge is 2.30. The monoisotopic (exact) mass is 498 g/mol. The molecule has 6 nitrogen and oxygen atoms in total. The van der Waals surface area contributed by atoms with Crippen LogP contribution in [0.3, 0.4) is 0 Å². The van der Waals surface area contributed by atoms with Crippen molar-refractivity contribution in [3.8, 4) is 11.1 Å². The first kappa shape index (κ1) is 26.6. The minimum atomic E-state index is -0.253. The first-order valence-corrected chi connectivity index (χ1v) is 13.4. The first-order valence-electron chi connectivity index (χ1n) is 13.4. The SMILES string of the molecule is NCCCC[C@@H]1N[C@H](CNC(=O)c2ccc(-c3ccccc3)cc2)CCN(CCc2ccccc2)C1=O. The molecule has 37 heavy (non-hydrogen) atoms. The predicted molar refractivity (Wildman–Crippen MR) is 149 cm³/mol. The van der Waals surface area contributed by atoms with E-state index in [1.54, 1.807) is 0 Å². The number of nitrogens with zero attached hydrogens (tertiary/aromatic N) is 1. The number of hydrogen-bond acceptors (Lipinski definition) is 4. The van der Waals surface area contributed by atoms with Crippen LogP contribution < -0.4 is 16.4 Å². The van der Waals surface area contributed by atoms with Crippen molar-refractivity contribution in [2.75, 3.05) is 26.2 Å². The van der Waals surface area contributed by atoms with Crippen molar-refractivity contribution < 1.29 is 9.59 Å². The van der Waals surface area contributed by atoms with Gasteiger partial charge in [0.15, 0.2) is 0 Å². The van der Waals surface area contributed by atoms with Gasteiger partial charge in [0.25, 0.3) is 5.91 Å². The molecule has 2 amide bonds. The van der Waals surface area contributed by atoms with Crippen LogP contribution in [0.5, 0.6) is 0 Å². The van der Waals surface area contributed by atoms with E-state index < -0.39 is 0 Å². The van der Waals surface area contributed by atoms with Gasteiger partial charge in [-0.2, -0.15) is 0 Å². The average molecular weight is 499 g/mol. The minimum Gasteiger partial charge on any atom is -0.350 e. The molecule has 4 rings (SSSR count). The molecule has 1 fully saturated rings. The maximum absolute atomic E-state index is 13.4. The Hall–Kier alpha value is -3.48. The number of amides is 2. The zero-order chi connectivity index (χ0) is 25.9. The largest absolute Gasteiger partial charge is 0.350 e. The van der Waals surface area contributed by atoms with Crippen molar-refractivity contribution in [2.45, 2.75) is 44.2 Å². The van der Waals surface area contributed by atoms with Gasteiger partial charge >= 0.3 is 0 Å². The molecule has 0 aliphatic carbocycles. The molecule has 3 aromatic rings. The lowest BCUT2D eigenvalue weighted by atomic mass is 10.0. The second kappa shape index (κ2) is 13.7. The number of benzene rings is 3. The van der Waals surface area contributed by atoms with E-state index in [0.717, 1.165) is 43.2 Å². The van der Waals surface area contributed by atoms with Crippen LogP contribution in [-0.4, -0.2) is 55.0 Å². The Morgan fingerprint density at radius 3 is 2.30 bits per heavy atom. The summed E-state index contributed by atoms with van der Waals surface area (Å²) in [5.74, 6) is 0.0517. The summed E-state index contributed by atoms with van der Waals surface area (Å²) in [6.07, 6.45) is 4.18. The van der Waals surface area contributed by atoms with Crippen LogP contribution in [0.25, 0.3) is 11.1 Å². The topological polar surface area (TPSA) is 87.5 Å². The summed E-state index contributed by atoms with van der Waals surface area (Å²) in [6.45, 7) is 2.48. The summed E-state index contributed by atoms with van der Waals surface area (Å²) in [6, 6.07) is 27.9. The number of unbranched alkanes of at least 4 members (excludes halogenated alkanes) is 1. The van der Waals surface area contributed by atoms with Crippen molar-refractivity contribution >= 4 is 11.8 Å². The van der Waals surface area contributed by atoms with Crippen LogP contribution in [-0.2, 0) is 11.2 Å². The molecular formula is C31H38N4O2. The number of nitrogens with two attached hydrogens (primary N) is 1. The van der Waals surface area contributed by atoms with Crippen LogP contribution >= 0.6 is 0 Å². The summed E-state index contributed by atoms with van der Waals surface area (Å²) >= 11 is 0. The van der Waals surface area contributed by atoms with Crippen molar-refractivity contribution in [2.24, 2.45) is 5.73 Å². The highest BCUT2D eigenvalue weighted by Crippen LogP contribution is 2.19. The zero-order valence-corrected chi connectivity index (χ0v) is 21.4. The molecule has 3 aromatic carbocycles. The van der Waals surface area contributed by atoms with Crippen molar-refractivity contribution in [1.82, 2.24) is 15.5 Å². The Kier molecular flexibility index (Phi) is 9.86. The second-order valence-corrected chi connectivity index (χ2v) is 9.70. The van der Waals surface area contributed by atoms with Crippen molar-refractivity contribution in [3.05, 3.63) is 96.1 Å². The van der Waals surface area contributed by atoms with E-state index in [1.165, 1.54) is 5.56 Å². The third-order valence-electron chi connectivity index (χ3n) is 7.02. The number of rotatable bonds is 11. The van der Waals surface area contributed by atoms with Gasteiger partial charge in [-0.05, 0) is 61.1 Å². The third-order valence-corrected chi connectivity index (χ3v) is 7.02. The molecule has 0 unspecified atom stereocenters. The lowest BCUT2D eigenvalue weighted by molar-refractivity contribution is -0.132. The predicted octanol–water partition coefficient (Wildman–Crippen LogP) is 4.01. The maximum atomic E-state index is 13.4. The number of nitrogens with one attached hydrogen (secondary N) is 2. The van der Waals surface area contributed by atoms with Gasteiger partial charge in [0, 0.05) is 31.2 Å². The third kappa shape index (κ3) is 7.75. The van der Waals surface area contributed by atoms with E-state index in [9.17, 15) is 9.59 Å². The molecule has 1 saturated heterocycles. The maximum Gasteiger partial charge on any atom is 0.251 e. The van der Waals surface area contributed by atoms with Crippen LogP contribution in [0.2, 0.25) is 0 Å². The minimum absolute atomic E-state index is 0.0288. The van der Waals surface area contributed by atoms with Crippen LogP contribution in [0, 0.1) is 0 Å². The lowest BCUT2D eigenvalue weighted by Crippen LogP contribution is -2.49. The Morgan fingerprint density at radius 2 is 1.59 bits per heavy atom. The Balaban J connectivity index is 1.35. The molecule has 0 spiro atoms. The van der Waals surface area contributed by atoms with Crippen LogP contribution in [0.15, 0.2) is 84.9 Å². The smallest absolute Gasteiger partial charge is 0.251 e. The molecule has 6 heteroatoms. The Labute approximate surface area is 220 Å². The molecule has 1 heterocycles. The fraction of sp³-hybridized carbons (Fsp3) is 0.355.